The Morgan fingerprint density at radius 3 is 2.71 bits per heavy atom. The van der Waals surface area contributed by atoms with Gasteiger partial charge in [0.05, 0.1) is 12.3 Å². The van der Waals surface area contributed by atoms with Crippen LogP contribution in [0.1, 0.15) is 16.8 Å². The summed E-state index contributed by atoms with van der Waals surface area (Å²) in [5, 5.41) is 4.82. The second-order valence-electron chi connectivity index (χ2n) is 5.66. The van der Waals surface area contributed by atoms with Gasteiger partial charge in [-0.3, -0.25) is 9.59 Å². The van der Waals surface area contributed by atoms with Gasteiger partial charge in [-0.1, -0.05) is 23.9 Å². The zero-order valence-electron chi connectivity index (χ0n) is 14.3. The topological polar surface area (TPSA) is 62.3 Å². The fraction of sp³-hybridized carbons (Fsp3) is 0.353. The van der Waals surface area contributed by atoms with Gasteiger partial charge in [0.25, 0.3) is 0 Å². The molecule has 128 valence electrons. The van der Waals surface area contributed by atoms with Crippen molar-refractivity contribution in [1.29, 1.82) is 0 Å². The third kappa shape index (κ3) is 5.35. The largest absolute Gasteiger partial charge is 0.336 e. The van der Waals surface area contributed by atoms with E-state index >= 15 is 0 Å². The van der Waals surface area contributed by atoms with Gasteiger partial charge in [-0.15, -0.1) is 11.3 Å². The lowest BCUT2D eigenvalue weighted by Gasteiger charge is -2.17. The van der Waals surface area contributed by atoms with Crippen LogP contribution in [0.5, 0.6) is 0 Å². The molecule has 7 heteroatoms. The van der Waals surface area contributed by atoms with Crippen LogP contribution >= 0.6 is 23.1 Å². The number of amides is 2. The number of rotatable bonds is 6. The summed E-state index contributed by atoms with van der Waals surface area (Å²) >= 11 is 2.92. The molecule has 0 aliphatic heterocycles. The first-order chi connectivity index (χ1) is 11.3. The van der Waals surface area contributed by atoms with Crippen LogP contribution in [-0.4, -0.2) is 41.0 Å². The van der Waals surface area contributed by atoms with Crippen LogP contribution < -0.4 is 5.32 Å². The predicted octanol–water partition coefficient (Wildman–Crippen LogP) is 3.26. The van der Waals surface area contributed by atoms with Crippen LogP contribution in [0.25, 0.3) is 0 Å². The third-order valence-corrected chi connectivity index (χ3v) is 5.51. The second kappa shape index (κ2) is 8.30. The molecule has 0 spiro atoms. The lowest BCUT2D eigenvalue weighted by atomic mass is 10.1. The minimum Gasteiger partial charge on any atom is -0.336 e. The fourth-order valence-corrected chi connectivity index (χ4v) is 3.79. The number of thiazole rings is 1. The Balaban J connectivity index is 1.84. The summed E-state index contributed by atoms with van der Waals surface area (Å²) in [5.74, 6) is -0.0150. The van der Waals surface area contributed by atoms with Gasteiger partial charge in [0.15, 0.2) is 4.34 Å². The molecule has 0 fully saturated rings. The van der Waals surface area contributed by atoms with Crippen LogP contribution in [0.4, 0.5) is 5.69 Å². The molecular weight excluding hydrogens is 342 g/mol. The highest BCUT2D eigenvalue weighted by Gasteiger charge is 2.15. The van der Waals surface area contributed by atoms with Crippen molar-refractivity contribution >= 4 is 40.6 Å². The van der Waals surface area contributed by atoms with Gasteiger partial charge in [0.2, 0.25) is 11.8 Å². The van der Waals surface area contributed by atoms with E-state index in [0.717, 1.165) is 26.8 Å². The van der Waals surface area contributed by atoms with Gasteiger partial charge >= 0.3 is 0 Å². The molecule has 1 N–H and O–H groups in total. The monoisotopic (exact) mass is 363 g/mol. The Bertz CT molecular complexity index is 743. The molecule has 0 saturated heterocycles. The summed E-state index contributed by atoms with van der Waals surface area (Å²) in [6.45, 7) is 5.87. The number of hydrogen-bond donors (Lipinski definition) is 1. The van der Waals surface area contributed by atoms with Gasteiger partial charge in [-0.25, -0.2) is 4.98 Å². The van der Waals surface area contributed by atoms with Gasteiger partial charge in [0, 0.05) is 23.8 Å². The molecule has 2 aromatic rings. The van der Waals surface area contributed by atoms with E-state index in [2.05, 4.69) is 10.3 Å². The highest BCUT2D eigenvalue weighted by molar-refractivity contribution is 8.01. The predicted molar refractivity (Wildman–Crippen MR) is 99.8 cm³/mol. The number of anilines is 1. The van der Waals surface area contributed by atoms with Crippen molar-refractivity contribution in [2.24, 2.45) is 0 Å². The second-order valence-corrected chi connectivity index (χ2v) is 7.74. The Morgan fingerprint density at radius 1 is 1.29 bits per heavy atom. The number of aryl methyl sites for hydroxylation is 3. The molecule has 2 amide bonds. The van der Waals surface area contributed by atoms with Crippen LogP contribution in [0.15, 0.2) is 27.9 Å². The molecule has 0 saturated carbocycles. The van der Waals surface area contributed by atoms with Gasteiger partial charge in [-0.05, 0) is 38.0 Å². The first-order valence-electron chi connectivity index (χ1n) is 7.51. The molecule has 24 heavy (non-hydrogen) atoms. The number of carbonyl (C=O) groups is 2. The SMILES string of the molecule is Cc1ccc(C)c(NC(=O)CN(C)C(=O)CSc2nc(C)cs2)c1. The maximum absolute atomic E-state index is 12.1. The van der Waals surface area contributed by atoms with Crippen LogP contribution in [-0.2, 0) is 9.59 Å². The minimum absolute atomic E-state index is 0.0314. The van der Waals surface area contributed by atoms with Crippen molar-refractivity contribution in [3.05, 3.63) is 40.4 Å². The zero-order valence-corrected chi connectivity index (χ0v) is 15.9. The maximum atomic E-state index is 12.1. The summed E-state index contributed by atoms with van der Waals surface area (Å²) < 4.78 is 0.870. The van der Waals surface area contributed by atoms with Crippen molar-refractivity contribution in [2.45, 2.75) is 25.1 Å². The molecule has 0 radical (unpaired) electrons. The lowest BCUT2D eigenvalue weighted by molar-refractivity contribution is -0.131. The quantitative estimate of drug-likeness (QED) is 0.800. The molecule has 0 atom stereocenters. The Kier molecular flexibility index (Phi) is 6.39. The third-order valence-electron chi connectivity index (χ3n) is 3.39. The summed E-state index contributed by atoms with van der Waals surface area (Å²) in [4.78, 5) is 30.0. The highest BCUT2D eigenvalue weighted by Crippen LogP contribution is 2.22. The molecular formula is C17H21N3O2S2. The number of carbonyl (C=O) groups excluding carboxylic acids is 2. The maximum Gasteiger partial charge on any atom is 0.243 e. The number of aromatic nitrogens is 1. The standard InChI is InChI=1S/C17H21N3O2S2/c1-11-5-6-12(2)14(7-11)19-15(21)8-20(4)16(22)10-24-17-18-13(3)9-23-17/h5-7,9H,8,10H2,1-4H3,(H,19,21). The van der Waals surface area contributed by atoms with Crippen molar-refractivity contribution in [3.8, 4) is 0 Å². The van der Waals surface area contributed by atoms with E-state index in [9.17, 15) is 9.59 Å². The van der Waals surface area contributed by atoms with Crippen molar-refractivity contribution in [3.63, 3.8) is 0 Å². The van der Waals surface area contributed by atoms with Crippen LogP contribution in [0, 0.1) is 20.8 Å². The molecule has 0 aliphatic carbocycles. The first kappa shape index (κ1) is 18.5. The molecule has 0 aliphatic rings. The van der Waals surface area contributed by atoms with Crippen LogP contribution in [0.3, 0.4) is 0 Å². The molecule has 1 aromatic heterocycles. The summed E-state index contributed by atoms with van der Waals surface area (Å²) in [6.07, 6.45) is 0. The van der Waals surface area contributed by atoms with E-state index in [1.807, 2.05) is 44.4 Å². The lowest BCUT2D eigenvalue weighted by Crippen LogP contribution is -2.36. The average Bonchev–Trinajstić information content (AvgIpc) is 2.94. The van der Waals surface area contributed by atoms with E-state index in [-0.39, 0.29) is 24.1 Å². The van der Waals surface area contributed by atoms with E-state index < -0.39 is 0 Å². The number of benzene rings is 1. The van der Waals surface area contributed by atoms with E-state index in [4.69, 9.17) is 0 Å². The molecule has 2 rings (SSSR count). The van der Waals surface area contributed by atoms with Crippen molar-refractivity contribution in [2.75, 3.05) is 24.7 Å². The summed E-state index contributed by atoms with van der Waals surface area (Å²) in [5.41, 5.74) is 3.82. The Morgan fingerprint density at radius 2 is 2.04 bits per heavy atom. The first-order valence-corrected chi connectivity index (χ1v) is 9.37. The van der Waals surface area contributed by atoms with Crippen molar-refractivity contribution < 1.29 is 9.59 Å². The van der Waals surface area contributed by atoms with E-state index in [1.165, 1.54) is 28.0 Å². The van der Waals surface area contributed by atoms with E-state index in [0.29, 0.717) is 0 Å². The molecule has 1 aromatic carbocycles. The normalized spacial score (nSPS) is 10.5. The Labute approximate surface area is 150 Å². The zero-order chi connectivity index (χ0) is 17.7. The summed E-state index contributed by atoms with van der Waals surface area (Å²) in [6, 6.07) is 5.89. The summed E-state index contributed by atoms with van der Waals surface area (Å²) in [7, 11) is 1.64. The van der Waals surface area contributed by atoms with Crippen LogP contribution in [0.2, 0.25) is 0 Å². The fourth-order valence-electron chi connectivity index (χ4n) is 2.00. The number of nitrogens with zero attached hydrogens (tertiary/aromatic N) is 2. The Hall–Kier alpha value is -1.86. The number of hydrogen-bond acceptors (Lipinski definition) is 5. The molecule has 0 unspecified atom stereocenters. The number of thioether (sulfide) groups is 1. The highest BCUT2D eigenvalue weighted by atomic mass is 32.2. The van der Waals surface area contributed by atoms with Gasteiger partial charge in [0.1, 0.15) is 0 Å². The number of likely N-dealkylation sites (N-methyl/N-ethyl adjacent to an activating group) is 1. The molecule has 5 nitrogen and oxygen atoms in total. The van der Waals surface area contributed by atoms with Crippen molar-refractivity contribution in [1.82, 2.24) is 9.88 Å². The average molecular weight is 364 g/mol. The van der Waals surface area contributed by atoms with E-state index in [1.54, 1.807) is 7.05 Å². The smallest absolute Gasteiger partial charge is 0.243 e. The molecule has 0 bridgehead atoms. The minimum atomic E-state index is -0.199. The van der Waals surface area contributed by atoms with Gasteiger partial charge < -0.3 is 10.2 Å². The molecule has 1 heterocycles. The number of nitrogens with one attached hydrogen (secondary N) is 1. The van der Waals surface area contributed by atoms with Gasteiger partial charge in [-0.2, -0.15) is 0 Å².